The van der Waals surface area contributed by atoms with E-state index in [1.165, 1.54) is 0 Å². The van der Waals surface area contributed by atoms with Gasteiger partial charge < -0.3 is 5.73 Å². The molecule has 0 aromatic rings. The quantitative estimate of drug-likeness (QED) is 0.581. The lowest BCUT2D eigenvalue weighted by atomic mass is 9.60. The predicted molar refractivity (Wildman–Crippen MR) is 40.6 cm³/mol. The van der Waals surface area contributed by atoms with Crippen LogP contribution in [0.5, 0.6) is 0 Å². The molecule has 0 radical (unpaired) electrons. The minimum atomic E-state index is -2.51. The summed E-state index contributed by atoms with van der Waals surface area (Å²) in [5.74, 6) is -2.51. The monoisotopic (exact) mass is 163 g/mol. The van der Waals surface area contributed by atoms with Crippen molar-refractivity contribution >= 4 is 0 Å². The van der Waals surface area contributed by atoms with E-state index in [2.05, 4.69) is 0 Å². The van der Waals surface area contributed by atoms with E-state index in [0.29, 0.717) is 0 Å². The Bertz CT molecular complexity index is 161. The minimum absolute atomic E-state index is 0.163. The van der Waals surface area contributed by atoms with Crippen molar-refractivity contribution in [3.05, 3.63) is 0 Å². The van der Waals surface area contributed by atoms with Crippen LogP contribution in [0.2, 0.25) is 0 Å². The van der Waals surface area contributed by atoms with Gasteiger partial charge in [-0.1, -0.05) is 20.8 Å². The highest BCUT2D eigenvalue weighted by Crippen LogP contribution is 2.52. The van der Waals surface area contributed by atoms with E-state index in [9.17, 15) is 8.78 Å². The molecule has 0 aromatic carbocycles. The highest BCUT2D eigenvalue weighted by atomic mass is 19.3. The molecule has 0 heterocycles. The SMILES string of the molecule is CC(C)(C)C1(N)CC(F)(F)C1. The maximum atomic E-state index is 12.5. The molecular formula is C8H15F2N. The van der Waals surface area contributed by atoms with Gasteiger partial charge in [0.25, 0.3) is 5.92 Å². The average Bonchev–Trinajstić information content (AvgIpc) is 1.55. The average molecular weight is 163 g/mol. The number of rotatable bonds is 0. The Hall–Kier alpha value is -0.180. The van der Waals surface area contributed by atoms with E-state index >= 15 is 0 Å². The molecule has 1 nitrogen and oxygen atoms in total. The molecule has 3 heteroatoms. The second kappa shape index (κ2) is 1.94. The molecule has 0 bridgehead atoms. The molecule has 0 amide bonds. The number of hydrogen-bond donors (Lipinski definition) is 1. The van der Waals surface area contributed by atoms with Gasteiger partial charge in [0.1, 0.15) is 0 Å². The highest BCUT2D eigenvalue weighted by molar-refractivity contribution is 5.09. The van der Waals surface area contributed by atoms with Crippen molar-refractivity contribution in [3.8, 4) is 0 Å². The summed E-state index contributed by atoms with van der Waals surface area (Å²) in [4.78, 5) is 0. The van der Waals surface area contributed by atoms with Crippen LogP contribution in [-0.2, 0) is 0 Å². The van der Waals surface area contributed by atoms with Crippen molar-refractivity contribution in [3.63, 3.8) is 0 Å². The first-order valence-electron chi connectivity index (χ1n) is 3.83. The van der Waals surface area contributed by atoms with Gasteiger partial charge in [-0.15, -0.1) is 0 Å². The lowest BCUT2D eigenvalue weighted by Gasteiger charge is -2.52. The first-order valence-corrected chi connectivity index (χ1v) is 3.83. The molecule has 1 rings (SSSR count). The van der Waals surface area contributed by atoms with Gasteiger partial charge in [0.05, 0.1) is 0 Å². The molecule has 1 fully saturated rings. The molecule has 0 atom stereocenters. The van der Waals surface area contributed by atoms with Crippen molar-refractivity contribution in [1.29, 1.82) is 0 Å². The lowest BCUT2D eigenvalue weighted by Crippen LogP contribution is -2.65. The smallest absolute Gasteiger partial charge is 0.251 e. The van der Waals surface area contributed by atoms with Gasteiger partial charge in [0.15, 0.2) is 0 Å². The standard InChI is InChI=1S/C8H15F2N/c1-6(2,3)7(11)4-8(9,10)5-7/h4-5,11H2,1-3H3. The van der Waals surface area contributed by atoms with Crippen LogP contribution >= 0.6 is 0 Å². The summed E-state index contributed by atoms with van der Waals surface area (Å²) in [5.41, 5.74) is 4.91. The Labute approximate surface area is 66.0 Å². The fraction of sp³-hybridized carbons (Fsp3) is 1.00. The molecular weight excluding hydrogens is 148 g/mol. The van der Waals surface area contributed by atoms with Gasteiger partial charge >= 0.3 is 0 Å². The summed E-state index contributed by atoms with van der Waals surface area (Å²) >= 11 is 0. The first kappa shape index (κ1) is 8.91. The molecule has 2 N–H and O–H groups in total. The van der Waals surface area contributed by atoms with Crippen LogP contribution in [-0.4, -0.2) is 11.5 Å². The molecule has 11 heavy (non-hydrogen) atoms. The minimum Gasteiger partial charge on any atom is -0.324 e. The maximum absolute atomic E-state index is 12.5. The third kappa shape index (κ3) is 1.39. The summed E-state index contributed by atoms with van der Waals surface area (Å²) < 4.78 is 25.0. The van der Waals surface area contributed by atoms with E-state index in [0.717, 1.165) is 0 Å². The fourth-order valence-electron chi connectivity index (χ4n) is 1.40. The van der Waals surface area contributed by atoms with Gasteiger partial charge in [0, 0.05) is 18.4 Å². The van der Waals surface area contributed by atoms with E-state index in [1.54, 1.807) is 0 Å². The zero-order valence-electron chi connectivity index (χ0n) is 7.25. The fourth-order valence-corrected chi connectivity index (χ4v) is 1.40. The Morgan fingerprint density at radius 2 is 1.55 bits per heavy atom. The van der Waals surface area contributed by atoms with Crippen LogP contribution in [0.3, 0.4) is 0 Å². The van der Waals surface area contributed by atoms with Crippen molar-refractivity contribution in [2.24, 2.45) is 11.1 Å². The number of halogens is 2. The molecule has 1 aliphatic carbocycles. The molecule has 1 saturated carbocycles. The van der Waals surface area contributed by atoms with E-state index in [-0.39, 0.29) is 18.3 Å². The van der Waals surface area contributed by atoms with E-state index < -0.39 is 11.5 Å². The zero-order chi connectivity index (χ0) is 8.91. The van der Waals surface area contributed by atoms with Crippen LogP contribution in [0.15, 0.2) is 0 Å². The Morgan fingerprint density at radius 3 is 1.64 bits per heavy atom. The second-order valence-electron chi connectivity index (χ2n) is 4.62. The van der Waals surface area contributed by atoms with E-state index in [4.69, 9.17) is 5.73 Å². The van der Waals surface area contributed by atoms with Gasteiger partial charge in [-0.25, -0.2) is 8.78 Å². The van der Waals surface area contributed by atoms with Gasteiger partial charge in [-0.2, -0.15) is 0 Å². The highest BCUT2D eigenvalue weighted by Gasteiger charge is 2.59. The number of nitrogens with two attached hydrogens (primary N) is 1. The first-order chi connectivity index (χ1) is 4.66. The summed E-state index contributed by atoms with van der Waals surface area (Å²) in [6.07, 6.45) is -0.326. The van der Waals surface area contributed by atoms with Gasteiger partial charge in [0.2, 0.25) is 0 Å². The Kier molecular flexibility index (Phi) is 1.58. The third-order valence-electron chi connectivity index (χ3n) is 2.64. The van der Waals surface area contributed by atoms with Crippen LogP contribution in [0.4, 0.5) is 8.78 Å². The molecule has 0 aliphatic heterocycles. The third-order valence-corrected chi connectivity index (χ3v) is 2.64. The van der Waals surface area contributed by atoms with Gasteiger partial charge in [-0.3, -0.25) is 0 Å². The van der Waals surface area contributed by atoms with E-state index in [1.807, 2.05) is 20.8 Å². The molecule has 0 aromatic heterocycles. The van der Waals surface area contributed by atoms with Crippen LogP contribution in [0.1, 0.15) is 33.6 Å². The summed E-state index contributed by atoms with van der Waals surface area (Å²) in [6, 6.07) is 0. The zero-order valence-corrected chi connectivity index (χ0v) is 7.25. The van der Waals surface area contributed by atoms with Gasteiger partial charge in [-0.05, 0) is 5.41 Å². The topological polar surface area (TPSA) is 26.0 Å². The molecule has 0 saturated heterocycles. The summed E-state index contributed by atoms with van der Waals surface area (Å²) in [5, 5.41) is 0. The Balaban J connectivity index is 2.64. The molecule has 0 spiro atoms. The summed E-state index contributed by atoms with van der Waals surface area (Å²) in [6.45, 7) is 5.72. The maximum Gasteiger partial charge on any atom is 0.251 e. The van der Waals surface area contributed by atoms with Crippen LogP contribution in [0, 0.1) is 5.41 Å². The largest absolute Gasteiger partial charge is 0.324 e. The predicted octanol–water partition coefficient (Wildman–Crippen LogP) is 2.16. The molecule has 1 aliphatic rings. The normalized spacial score (nSPS) is 27.8. The molecule has 66 valence electrons. The van der Waals surface area contributed by atoms with Crippen molar-refractivity contribution in [2.75, 3.05) is 0 Å². The second-order valence-corrected chi connectivity index (χ2v) is 4.62. The molecule has 0 unspecified atom stereocenters. The lowest BCUT2D eigenvalue weighted by molar-refractivity contribution is -0.153. The number of hydrogen-bond acceptors (Lipinski definition) is 1. The van der Waals surface area contributed by atoms with Crippen molar-refractivity contribution in [1.82, 2.24) is 0 Å². The number of alkyl halides is 2. The Morgan fingerprint density at radius 1 is 1.18 bits per heavy atom. The summed E-state index contributed by atoms with van der Waals surface area (Å²) in [7, 11) is 0. The van der Waals surface area contributed by atoms with Crippen LogP contribution < -0.4 is 5.73 Å². The van der Waals surface area contributed by atoms with Crippen LogP contribution in [0.25, 0.3) is 0 Å². The van der Waals surface area contributed by atoms with Crippen molar-refractivity contribution < 1.29 is 8.78 Å². The van der Waals surface area contributed by atoms with Crippen molar-refractivity contribution in [2.45, 2.75) is 45.1 Å².